The average Bonchev–Trinajstić information content (AvgIpc) is 2.23. The van der Waals surface area contributed by atoms with E-state index in [1.165, 1.54) is 16.7 Å². The summed E-state index contributed by atoms with van der Waals surface area (Å²) < 4.78 is 0. The fourth-order valence-electron chi connectivity index (χ4n) is 2.67. The SMILES string of the molecule is CC1=NNC2(C)c3c1cccc3C2C. The molecule has 1 aliphatic heterocycles. The van der Waals surface area contributed by atoms with Gasteiger partial charge in [-0.15, -0.1) is 0 Å². The van der Waals surface area contributed by atoms with Gasteiger partial charge in [-0.1, -0.05) is 25.1 Å². The van der Waals surface area contributed by atoms with Gasteiger partial charge in [0.1, 0.15) is 0 Å². The molecule has 1 N–H and O–H groups in total. The minimum Gasteiger partial charge on any atom is -0.299 e. The van der Waals surface area contributed by atoms with E-state index in [9.17, 15) is 0 Å². The summed E-state index contributed by atoms with van der Waals surface area (Å²) in [5.41, 5.74) is 8.71. The minimum absolute atomic E-state index is 0.0748. The van der Waals surface area contributed by atoms with E-state index >= 15 is 0 Å². The standard InChI is InChI=1S/C12H14N2/c1-7-9-5-4-6-10-8(2)13-14-12(7,3)11(9)10/h4-7,14H,1-3H3. The highest BCUT2D eigenvalue weighted by molar-refractivity contribution is 6.02. The summed E-state index contributed by atoms with van der Waals surface area (Å²) >= 11 is 0. The molecule has 2 heteroatoms. The molecule has 14 heavy (non-hydrogen) atoms. The number of benzene rings is 1. The fraction of sp³-hybridized carbons (Fsp3) is 0.417. The summed E-state index contributed by atoms with van der Waals surface area (Å²) in [4.78, 5) is 0. The zero-order chi connectivity index (χ0) is 9.92. The van der Waals surface area contributed by atoms with Gasteiger partial charge in [0.25, 0.3) is 0 Å². The lowest BCUT2D eigenvalue weighted by atomic mass is 9.61. The van der Waals surface area contributed by atoms with Crippen LogP contribution < -0.4 is 5.43 Å². The Labute approximate surface area is 84.0 Å². The molecule has 2 nitrogen and oxygen atoms in total. The first-order chi connectivity index (χ1) is 6.64. The number of hydrogen-bond acceptors (Lipinski definition) is 2. The van der Waals surface area contributed by atoms with Crippen molar-refractivity contribution >= 4 is 5.71 Å². The number of hydrogen-bond donors (Lipinski definition) is 1. The largest absolute Gasteiger partial charge is 0.299 e. The molecule has 0 aromatic heterocycles. The molecule has 3 rings (SSSR count). The summed E-state index contributed by atoms with van der Waals surface area (Å²) in [6, 6.07) is 6.53. The molecular weight excluding hydrogens is 172 g/mol. The van der Waals surface area contributed by atoms with E-state index in [1.54, 1.807) is 0 Å². The van der Waals surface area contributed by atoms with Crippen LogP contribution in [0, 0.1) is 0 Å². The maximum Gasteiger partial charge on any atom is 0.0844 e. The molecule has 0 bridgehead atoms. The number of rotatable bonds is 0. The van der Waals surface area contributed by atoms with Crippen LogP contribution in [0.25, 0.3) is 0 Å². The molecule has 2 unspecified atom stereocenters. The number of hydrazone groups is 1. The Kier molecular flexibility index (Phi) is 1.26. The Bertz CT molecular complexity index is 448. The molecule has 1 heterocycles. The predicted octanol–water partition coefficient (Wildman–Crippen LogP) is 2.35. The Hall–Kier alpha value is -1.31. The van der Waals surface area contributed by atoms with Crippen LogP contribution in [0.1, 0.15) is 43.4 Å². The van der Waals surface area contributed by atoms with Crippen molar-refractivity contribution in [3.8, 4) is 0 Å². The molecule has 0 saturated heterocycles. The third kappa shape index (κ3) is 0.671. The molecule has 1 aromatic carbocycles. The smallest absolute Gasteiger partial charge is 0.0844 e. The normalized spacial score (nSPS) is 32.5. The second-order valence-corrected chi connectivity index (χ2v) is 4.50. The monoisotopic (exact) mass is 186 g/mol. The molecule has 0 saturated carbocycles. The van der Waals surface area contributed by atoms with E-state index in [0.29, 0.717) is 5.92 Å². The minimum atomic E-state index is 0.0748. The Balaban J connectivity index is 2.33. The molecule has 1 aromatic rings. The van der Waals surface area contributed by atoms with Crippen LogP contribution in [-0.4, -0.2) is 5.71 Å². The molecule has 0 fully saturated rings. The first-order valence-electron chi connectivity index (χ1n) is 5.10. The van der Waals surface area contributed by atoms with Gasteiger partial charge in [0.2, 0.25) is 0 Å². The van der Waals surface area contributed by atoms with Gasteiger partial charge >= 0.3 is 0 Å². The summed E-state index contributed by atoms with van der Waals surface area (Å²) in [7, 11) is 0. The molecule has 0 spiro atoms. The third-order valence-corrected chi connectivity index (χ3v) is 3.79. The Morgan fingerprint density at radius 1 is 1.43 bits per heavy atom. The molecule has 0 amide bonds. The van der Waals surface area contributed by atoms with Crippen LogP contribution >= 0.6 is 0 Å². The van der Waals surface area contributed by atoms with Crippen LogP contribution in [-0.2, 0) is 5.54 Å². The van der Waals surface area contributed by atoms with Crippen molar-refractivity contribution in [2.75, 3.05) is 0 Å². The molecule has 72 valence electrons. The molecule has 2 atom stereocenters. The Morgan fingerprint density at radius 2 is 2.21 bits per heavy atom. The van der Waals surface area contributed by atoms with Crippen LogP contribution in [0.5, 0.6) is 0 Å². The maximum atomic E-state index is 4.39. The van der Waals surface area contributed by atoms with Gasteiger partial charge in [0.15, 0.2) is 0 Å². The lowest BCUT2D eigenvalue weighted by molar-refractivity contribution is 0.261. The van der Waals surface area contributed by atoms with Gasteiger partial charge < -0.3 is 0 Å². The van der Waals surface area contributed by atoms with Crippen LogP contribution in [0.3, 0.4) is 0 Å². The maximum absolute atomic E-state index is 4.39. The zero-order valence-electron chi connectivity index (χ0n) is 8.76. The lowest BCUT2D eigenvalue weighted by Gasteiger charge is -2.50. The van der Waals surface area contributed by atoms with E-state index in [1.807, 2.05) is 0 Å². The van der Waals surface area contributed by atoms with Crippen molar-refractivity contribution in [1.82, 2.24) is 5.43 Å². The van der Waals surface area contributed by atoms with Crippen molar-refractivity contribution in [2.45, 2.75) is 32.2 Å². The second kappa shape index (κ2) is 2.19. The topological polar surface area (TPSA) is 24.4 Å². The molecule has 0 radical (unpaired) electrons. The zero-order valence-corrected chi connectivity index (χ0v) is 8.76. The molecule has 1 aliphatic carbocycles. The van der Waals surface area contributed by atoms with Crippen molar-refractivity contribution in [3.05, 3.63) is 34.9 Å². The lowest BCUT2D eigenvalue weighted by Crippen LogP contribution is -2.52. The number of nitrogens with zero attached hydrogens (tertiary/aromatic N) is 1. The fourth-order valence-corrected chi connectivity index (χ4v) is 2.67. The molecular formula is C12H14N2. The summed E-state index contributed by atoms with van der Waals surface area (Å²) in [5, 5.41) is 4.39. The number of nitrogens with one attached hydrogen (secondary N) is 1. The van der Waals surface area contributed by atoms with Gasteiger partial charge in [0.05, 0.1) is 11.3 Å². The van der Waals surface area contributed by atoms with Crippen molar-refractivity contribution < 1.29 is 0 Å². The van der Waals surface area contributed by atoms with Crippen LogP contribution in [0.4, 0.5) is 0 Å². The van der Waals surface area contributed by atoms with Crippen molar-refractivity contribution in [2.24, 2.45) is 5.10 Å². The van der Waals surface area contributed by atoms with Crippen molar-refractivity contribution in [3.63, 3.8) is 0 Å². The average molecular weight is 186 g/mol. The van der Waals surface area contributed by atoms with Crippen molar-refractivity contribution in [1.29, 1.82) is 0 Å². The van der Waals surface area contributed by atoms with Crippen LogP contribution in [0.2, 0.25) is 0 Å². The van der Waals surface area contributed by atoms with E-state index in [4.69, 9.17) is 0 Å². The first kappa shape index (κ1) is 8.04. The first-order valence-corrected chi connectivity index (χ1v) is 5.10. The van der Waals surface area contributed by atoms with E-state index < -0.39 is 0 Å². The van der Waals surface area contributed by atoms with Gasteiger partial charge in [-0.3, -0.25) is 5.43 Å². The van der Waals surface area contributed by atoms with Gasteiger partial charge in [-0.2, -0.15) is 5.10 Å². The van der Waals surface area contributed by atoms with E-state index in [-0.39, 0.29) is 5.54 Å². The second-order valence-electron chi connectivity index (χ2n) is 4.50. The summed E-state index contributed by atoms with van der Waals surface area (Å²) in [6.45, 7) is 6.56. The van der Waals surface area contributed by atoms with Gasteiger partial charge in [-0.25, -0.2) is 0 Å². The summed E-state index contributed by atoms with van der Waals surface area (Å²) in [6.07, 6.45) is 0. The highest BCUT2D eigenvalue weighted by Gasteiger charge is 2.49. The third-order valence-electron chi connectivity index (χ3n) is 3.79. The molecule has 2 aliphatic rings. The van der Waals surface area contributed by atoms with E-state index in [0.717, 1.165) is 5.71 Å². The van der Waals surface area contributed by atoms with Gasteiger partial charge in [0, 0.05) is 11.5 Å². The quantitative estimate of drug-likeness (QED) is 0.660. The van der Waals surface area contributed by atoms with Gasteiger partial charge in [-0.05, 0) is 25.0 Å². The van der Waals surface area contributed by atoms with Crippen LogP contribution in [0.15, 0.2) is 23.3 Å². The highest BCUT2D eigenvalue weighted by atomic mass is 15.3. The highest BCUT2D eigenvalue weighted by Crippen LogP contribution is 2.52. The predicted molar refractivity (Wildman–Crippen MR) is 57.6 cm³/mol. The Morgan fingerprint density at radius 3 is 3.00 bits per heavy atom. The van der Waals surface area contributed by atoms with E-state index in [2.05, 4.69) is 49.5 Å². The summed E-state index contributed by atoms with van der Waals surface area (Å²) in [5.74, 6) is 0.564.